The van der Waals surface area contributed by atoms with Crippen molar-refractivity contribution in [2.45, 2.75) is 128 Å². The smallest absolute Gasteiger partial charge is 0.112 e. The Hall–Kier alpha value is -1.08. The van der Waals surface area contributed by atoms with Crippen LogP contribution in [0.2, 0.25) is 5.02 Å². The third kappa shape index (κ3) is 11.7. The Morgan fingerprint density at radius 1 is 0.651 bits per heavy atom. The first-order valence-corrected chi connectivity index (χ1v) is 18.3. The van der Waals surface area contributed by atoms with Crippen molar-refractivity contribution in [2.24, 2.45) is 0 Å². The Bertz CT molecular complexity index is 1020. The lowest BCUT2D eigenvalue weighted by atomic mass is 9.94. The van der Waals surface area contributed by atoms with E-state index in [4.69, 9.17) is 30.5 Å². The SMILES string of the molecule is CCCCOC[C@H]1S[C@@H](c2ccc(Cl)c(Cc3ccc(CC)cc3)c2)[C@H](OCCCC)[C@@H](OCCCC)[C@@H]1OCCCC. The average molecular weight is 633 g/mol. The van der Waals surface area contributed by atoms with Crippen molar-refractivity contribution in [2.75, 3.05) is 33.0 Å². The molecule has 242 valence electrons. The number of thioether (sulfide) groups is 1. The minimum Gasteiger partial charge on any atom is -0.380 e. The normalized spacial score (nSPS) is 22.2. The van der Waals surface area contributed by atoms with Crippen molar-refractivity contribution in [3.8, 4) is 0 Å². The molecule has 1 saturated heterocycles. The Morgan fingerprint density at radius 3 is 1.81 bits per heavy atom. The molecule has 2 aromatic rings. The van der Waals surface area contributed by atoms with Gasteiger partial charge >= 0.3 is 0 Å². The van der Waals surface area contributed by atoms with Gasteiger partial charge in [0.25, 0.3) is 0 Å². The highest BCUT2D eigenvalue weighted by Gasteiger charge is 2.48. The lowest BCUT2D eigenvalue weighted by molar-refractivity contribution is -0.149. The van der Waals surface area contributed by atoms with Crippen LogP contribution in [-0.2, 0) is 31.8 Å². The summed E-state index contributed by atoms with van der Waals surface area (Å²) >= 11 is 8.76. The van der Waals surface area contributed by atoms with Crippen molar-refractivity contribution in [3.63, 3.8) is 0 Å². The molecule has 0 bridgehead atoms. The maximum atomic E-state index is 6.81. The van der Waals surface area contributed by atoms with Crippen molar-refractivity contribution in [3.05, 3.63) is 69.7 Å². The van der Waals surface area contributed by atoms with Gasteiger partial charge < -0.3 is 18.9 Å². The van der Waals surface area contributed by atoms with Gasteiger partial charge in [-0.1, -0.05) is 108 Å². The summed E-state index contributed by atoms with van der Waals surface area (Å²) < 4.78 is 26.5. The molecule has 0 N–H and O–H groups in total. The van der Waals surface area contributed by atoms with Crippen LogP contribution >= 0.6 is 23.4 Å². The van der Waals surface area contributed by atoms with Gasteiger partial charge in [0.05, 0.1) is 17.1 Å². The fourth-order valence-corrected chi connectivity index (χ4v) is 7.26. The molecule has 0 unspecified atom stereocenters. The van der Waals surface area contributed by atoms with Gasteiger partial charge in [0, 0.05) is 31.5 Å². The summed E-state index contributed by atoms with van der Waals surface area (Å²) in [6.45, 7) is 14.6. The van der Waals surface area contributed by atoms with Crippen LogP contribution in [-0.4, -0.2) is 56.6 Å². The molecule has 1 aliphatic rings. The zero-order valence-electron chi connectivity index (χ0n) is 27.5. The summed E-state index contributed by atoms with van der Waals surface area (Å²) in [4.78, 5) is 0. The van der Waals surface area contributed by atoms with E-state index >= 15 is 0 Å². The molecule has 1 heterocycles. The van der Waals surface area contributed by atoms with Crippen LogP contribution in [0.15, 0.2) is 42.5 Å². The van der Waals surface area contributed by atoms with Crippen LogP contribution in [0.1, 0.15) is 113 Å². The van der Waals surface area contributed by atoms with E-state index in [2.05, 4.69) is 77.1 Å². The monoisotopic (exact) mass is 632 g/mol. The highest BCUT2D eigenvalue weighted by molar-refractivity contribution is 8.00. The Kier molecular flexibility index (Phi) is 17.6. The third-order valence-corrected chi connectivity index (χ3v) is 10.2. The zero-order chi connectivity index (χ0) is 30.9. The fraction of sp³-hybridized carbons (Fsp3) is 0.676. The fourth-order valence-electron chi connectivity index (χ4n) is 5.45. The van der Waals surface area contributed by atoms with E-state index < -0.39 is 0 Å². The van der Waals surface area contributed by atoms with Gasteiger partial charge in [-0.25, -0.2) is 0 Å². The summed E-state index contributed by atoms with van der Waals surface area (Å²) in [7, 11) is 0. The number of unbranched alkanes of at least 4 members (excludes halogenated alkanes) is 4. The Labute approximate surface area is 271 Å². The first-order chi connectivity index (χ1) is 21.1. The molecular weight excluding hydrogens is 576 g/mol. The first-order valence-electron chi connectivity index (χ1n) is 17.0. The van der Waals surface area contributed by atoms with E-state index in [1.807, 2.05) is 11.8 Å². The molecule has 43 heavy (non-hydrogen) atoms. The highest BCUT2D eigenvalue weighted by atomic mass is 35.5. The standard InChI is InChI=1S/C37H57ClO4S/c1-6-11-21-39-27-33-34(40-22-12-7-2)35(41-23-13-8-3)36(42-24-14-9-4)37(43-33)30-19-20-32(38)31(26-30)25-29-17-15-28(10-5)16-18-29/h15-20,26,33-37H,6-14,21-25,27H2,1-5H3/t33-,34-,35+,36-,37+/m1/s1. The second-order valence-electron chi connectivity index (χ2n) is 11.8. The Morgan fingerprint density at radius 2 is 1.21 bits per heavy atom. The number of aryl methyl sites for hydroxylation is 1. The second kappa shape index (κ2) is 20.9. The zero-order valence-corrected chi connectivity index (χ0v) is 29.0. The molecule has 0 amide bonds. The topological polar surface area (TPSA) is 36.9 Å². The number of rotatable bonds is 21. The molecule has 1 fully saturated rings. The first kappa shape index (κ1) is 36.4. The number of halogens is 1. The van der Waals surface area contributed by atoms with E-state index in [-0.39, 0.29) is 28.8 Å². The van der Waals surface area contributed by atoms with Gasteiger partial charge in [-0.3, -0.25) is 0 Å². The van der Waals surface area contributed by atoms with Crippen LogP contribution in [0.3, 0.4) is 0 Å². The average Bonchev–Trinajstić information content (AvgIpc) is 3.02. The number of hydrogen-bond donors (Lipinski definition) is 0. The van der Waals surface area contributed by atoms with E-state index in [0.29, 0.717) is 13.2 Å². The second-order valence-corrected chi connectivity index (χ2v) is 13.6. The van der Waals surface area contributed by atoms with Crippen LogP contribution < -0.4 is 0 Å². The van der Waals surface area contributed by atoms with Crippen LogP contribution in [0.4, 0.5) is 0 Å². The molecule has 4 nitrogen and oxygen atoms in total. The van der Waals surface area contributed by atoms with E-state index in [1.54, 1.807) is 0 Å². The quantitative estimate of drug-likeness (QED) is 0.128. The molecular formula is C37H57ClO4S. The van der Waals surface area contributed by atoms with Gasteiger partial charge in [-0.2, -0.15) is 0 Å². The van der Waals surface area contributed by atoms with Crippen molar-refractivity contribution in [1.29, 1.82) is 0 Å². The molecule has 0 radical (unpaired) electrons. The maximum absolute atomic E-state index is 6.81. The summed E-state index contributed by atoms with van der Waals surface area (Å²) in [5, 5.41) is 1.05. The molecule has 0 aromatic heterocycles. The molecule has 3 rings (SSSR count). The number of hydrogen-bond acceptors (Lipinski definition) is 5. The van der Waals surface area contributed by atoms with Crippen molar-refractivity contribution >= 4 is 23.4 Å². The number of ether oxygens (including phenoxy) is 4. The molecule has 0 aliphatic carbocycles. The van der Waals surface area contributed by atoms with Gasteiger partial charge in [0.1, 0.15) is 18.3 Å². The van der Waals surface area contributed by atoms with Gasteiger partial charge in [0.2, 0.25) is 0 Å². The summed E-state index contributed by atoms with van der Waals surface area (Å²) in [5.74, 6) is 0. The Balaban J connectivity index is 1.97. The molecule has 2 aromatic carbocycles. The van der Waals surface area contributed by atoms with Gasteiger partial charge in [-0.15, -0.1) is 11.8 Å². The maximum Gasteiger partial charge on any atom is 0.112 e. The lowest BCUT2D eigenvalue weighted by Crippen LogP contribution is -2.55. The van der Waals surface area contributed by atoms with Gasteiger partial charge in [0.15, 0.2) is 0 Å². The summed E-state index contributed by atoms with van der Waals surface area (Å²) in [6, 6.07) is 15.5. The van der Waals surface area contributed by atoms with E-state index in [9.17, 15) is 0 Å². The molecule has 1 aliphatic heterocycles. The van der Waals surface area contributed by atoms with Crippen molar-refractivity contribution < 1.29 is 18.9 Å². The van der Waals surface area contributed by atoms with Crippen molar-refractivity contribution in [1.82, 2.24) is 0 Å². The molecule has 0 saturated carbocycles. The van der Waals surface area contributed by atoms with Crippen LogP contribution in [0.25, 0.3) is 0 Å². The highest BCUT2D eigenvalue weighted by Crippen LogP contribution is 2.47. The van der Waals surface area contributed by atoms with Crippen LogP contribution in [0.5, 0.6) is 0 Å². The number of benzene rings is 2. The molecule has 0 spiro atoms. The minimum absolute atomic E-state index is 0.0817. The minimum atomic E-state index is -0.160. The van der Waals surface area contributed by atoms with Gasteiger partial charge in [-0.05, 0) is 66.8 Å². The predicted molar refractivity (Wildman–Crippen MR) is 184 cm³/mol. The summed E-state index contributed by atoms with van der Waals surface area (Å²) in [6.07, 6.45) is 10.1. The predicted octanol–water partition coefficient (Wildman–Crippen LogP) is 10.0. The molecule has 6 heteroatoms. The van der Waals surface area contributed by atoms with Crippen LogP contribution in [0, 0.1) is 0 Å². The third-order valence-electron chi connectivity index (χ3n) is 8.21. The van der Waals surface area contributed by atoms with E-state index in [0.717, 1.165) is 94.6 Å². The largest absolute Gasteiger partial charge is 0.380 e. The summed E-state index contributed by atoms with van der Waals surface area (Å²) in [5.41, 5.74) is 5.02. The molecule has 5 atom stereocenters. The van der Waals surface area contributed by atoms with E-state index in [1.165, 1.54) is 16.7 Å². The lowest BCUT2D eigenvalue weighted by Gasteiger charge is -2.46.